The van der Waals surface area contributed by atoms with Crippen LogP contribution in [-0.4, -0.2) is 75.7 Å². The van der Waals surface area contributed by atoms with Crippen molar-refractivity contribution in [3.05, 3.63) is 47.3 Å². The Bertz CT molecular complexity index is 847. The van der Waals surface area contributed by atoms with E-state index in [0.29, 0.717) is 44.8 Å². The molecule has 1 aliphatic heterocycles. The number of urea groups is 1. The van der Waals surface area contributed by atoms with Gasteiger partial charge < -0.3 is 14.7 Å². The van der Waals surface area contributed by atoms with Gasteiger partial charge in [0.15, 0.2) is 0 Å². The van der Waals surface area contributed by atoms with Crippen molar-refractivity contribution in [3.63, 3.8) is 0 Å². The Morgan fingerprint density at radius 3 is 2.10 bits per heavy atom. The molecule has 0 unspecified atom stereocenters. The SMILES string of the molecule is CCc1c(C(=O)N2CCN(C(=O)N(CC)CC)CC2)cnn1-c1ccc(C)cc1. The second-order valence-corrected chi connectivity index (χ2v) is 7.34. The van der Waals surface area contributed by atoms with Crippen molar-refractivity contribution < 1.29 is 9.59 Å². The van der Waals surface area contributed by atoms with Gasteiger partial charge in [0.1, 0.15) is 0 Å². The van der Waals surface area contributed by atoms with E-state index in [4.69, 9.17) is 0 Å². The first-order chi connectivity index (χ1) is 14.0. The molecular formula is C22H31N5O2. The minimum atomic E-state index is -0.00449. The van der Waals surface area contributed by atoms with Gasteiger partial charge in [-0.05, 0) is 39.3 Å². The van der Waals surface area contributed by atoms with E-state index >= 15 is 0 Å². The zero-order chi connectivity index (χ0) is 21.0. The molecule has 29 heavy (non-hydrogen) atoms. The Morgan fingerprint density at radius 1 is 0.966 bits per heavy atom. The number of benzene rings is 1. The number of hydrogen-bond donors (Lipinski definition) is 0. The highest BCUT2D eigenvalue weighted by Crippen LogP contribution is 2.19. The van der Waals surface area contributed by atoms with Crippen molar-refractivity contribution in [2.24, 2.45) is 0 Å². The quantitative estimate of drug-likeness (QED) is 0.779. The number of aryl methyl sites for hydroxylation is 1. The highest BCUT2D eigenvalue weighted by molar-refractivity contribution is 5.95. The number of carbonyl (C=O) groups is 2. The number of carbonyl (C=O) groups excluding carboxylic acids is 2. The molecule has 1 aromatic carbocycles. The molecule has 0 aliphatic carbocycles. The maximum absolute atomic E-state index is 13.2. The van der Waals surface area contributed by atoms with Crippen LogP contribution in [0.1, 0.15) is 42.4 Å². The molecule has 7 heteroatoms. The van der Waals surface area contributed by atoms with Crippen molar-refractivity contribution in [2.45, 2.75) is 34.1 Å². The maximum Gasteiger partial charge on any atom is 0.320 e. The van der Waals surface area contributed by atoms with Crippen molar-refractivity contribution in [3.8, 4) is 5.69 Å². The molecule has 1 fully saturated rings. The van der Waals surface area contributed by atoms with Gasteiger partial charge in [0.2, 0.25) is 0 Å². The lowest BCUT2D eigenvalue weighted by Gasteiger charge is -2.37. The predicted molar refractivity (Wildman–Crippen MR) is 113 cm³/mol. The molecule has 3 amide bonds. The second kappa shape index (κ2) is 9.11. The van der Waals surface area contributed by atoms with Crippen LogP contribution in [-0.2, 0) is 6.42 Å². The summed E-state index contributed by atoms with van der Waals surface area (Å²) in [5.41, 5.74) is 3.71. The second-order valence-electron chi connectivity index (χ2n) is 7.34. The number of amides is 3. The van der Waals surface area contributed by atoms with Gasteiger partial charge in [-0.2, -0.15) is 5.10 Å². The van der Waals surface area contributed by atoms with E-state index in [1.54, 1.807) is 6.20 Å². The zero-order valence-corrected chi connectivity index (χ0v) is 17.9. The number of aromatic nitrogens is 2. The van der Waals surface area contributed by atoms with Gasteiger partial charge in [0, 0.05) is 39.3 Å². The number of nitrogens with zero attached hydrogens (tertiary/aromatic N) is 5. The summed E-state index contributed by atoms with van der Waals surface area (Å²) in [5.74, 6) is -0.00449. The van der Waals surface area contributed by atoms with Gasteiger partial charge in [0.05, 0.1) is 23.1 Å². The Labute approximate surface area is 172 Å². The molecule has 0 spiro atoms. The Balaban J connectivity index is 1.72. The fourth-order valence-corrected chi connectivity index (χ4v) is 3.77. The molecule has 156 valence electrons. The maximum atomic E-state index is 13.2. The molecule has 0 atom stereocenters. The normalized spacial score (nSPS) is 14.2. The molecule has 0 saturated carbocycles. The summed E-state index contributed by atoms with van der Waals surface area (Å²) in [6, 6.07) is 8.19. The average Bonchev–Trinajstić information content (AvgIpc) is 3.18. The third kappa shape index (κ3) is 4.28. The van der Waals surface area contributed by atoms with Crippen molar-refractivity contribution >= 4 is 11.9 Å². The predicted octanol–water partition coefficient (Wildman–Crippen LogP) is 2.96. The largest absolute Gasteiger partial charge is 0.335 e. The smallest absolute Gasteiger partial charge is 0.320 e. The molecule has 1 saturated heterocycles. The number of rotatable bonds is 5. The number of piperazine rings is 1. The Hall–Kier alpha value is -2.83. The summed E-state index contributed by atoms with van der Waals surface area (Å²) in [7, 11) is 0. The van der Waals surface area contributed by atoms with Crippen LogP contribution in [0.4, 0.5) is 4.79 Å². The van der Waals surface area contributed by atoms with Gasteiger partial charge >= 0.3 is 6.03 Å². The molecule has 1 aromatic heterocycles. The van der Waals surface area contributed by atoms with E-state index in [2.05, 4.69) is 5.10 Å². The van der Waals surface area contributed by atoms with Crippen LogP contribution in [0.25, 0.3) is 5.69 Å². The van der Waals surface area contributed by atoms with E-state index in [-0.39, 0.29) is 11.9 Å². The molecule has 1 aliphatic rings. The van der Waals surface area contributed by atoms with Crippen LogP contribution < -0.4 is 0 Å². The first kappa shape index (κ1) is 20.9. The van der Waals surface area contributed by atoms with Crippen LogP contribution in [0.2, 0.25) is 0 Å². The van der Waals surface area contributed by atoms with Crippen LogP contribution in [0.3, 0.4) is 0 Å². The van der Waals surface area contributed by atoms with Crippen molar-refractivity contribution in [1.29, 1.82) is 0 Å². The fourth-order valence-electron chi connectivity index (χ4n) is 3.77. The monoisotopic (exact) mass is 397 g/mol. The highest BCUT2D eigenvalue weighted by Gasteiger charge is 2.28. The van der Waals surface area contributed by atoms with Gasteiger partial charge in [-0.1, -0.05) is 24.6 Å². The van der Waals surface area contributed by atoms with Crippen LogP contribution in [0.15, 0.2) is 30.5 Å². The van der Waals surface area contributed by atoms with E-state index in [9.17, 15) is 9.59 Å². The lowest BCUT2D eigenvalue weighted by atomic mass is 10.1. The minimum absolute atomic E-state index is 0.00449. The summed E-state index contributed by atoms with van der Waals surface area (Å²) >= 11 is 0. The number of hydrogen-bond acceptors (Lipinski definition) is 3. The third-order valence-corrected chi connectivity index (χ3v) is 5.58. The third-order valence-electron chi connectivity index (χ3n) is 5.58. The first-order valence-electron chi connectivity index (χ1n) is 10.5. The van der Waals surface area contributed by atoms with E-state index in [0.717, 1.165) is 17.8 Å². The molecular weight excluding hydrogens is 366 g/mol. The molecule has 7 nitrogen and oxygen atoms in total. The van der Waals surface area contributed by atoms with E-state index in [1.165, 1.54) is 5.56 Å². The highest BCUT2D eigenvalue weighted by atomic mass is 16.2. The summed E-state index contributed by atoms with van der Waals surface area (Å²) in [6.45, 7) is 11.7. The Kier molecular flexibility index (Phi) is 6.56. The van der Waals surface area contributed by atoms with Crippen LogP contribution in [0, 0.1) is 6.92 Å². The fraction of sp³-hybridized carbons (Fsp3) is 0.500. The molecule has 0 bridgehead atoms. The lowest BCUT2D eigenvalue weighted by molar-refractivity contribution is 0.0640. The average molecular weight is 398 g/mol. The molecule has 3 rings (SSSR count). The van der Waals surface area contributed by atoms with Gasteiger partial charge in [-0.3, -0.25) is 4.79 Å². The van der Waals surface area contributed by atoms with E-state index in [1.807, 2.05) is 71.3 Å². The summed E-state index contributed by atoms with van der Waals surface area (Å²) < 4.78 is 1.85. The molecule has 0 radical (unpaired) electrons. The summed E-state index contributed by atoms with van der Waals surface area (Å²) in [4.78, 5) is 31.2. The van der Waals surface area contributed by atoms with Crippen LogP contribution in [0.5, 0.6) is 0 Å². The molecule has 2 aromatic rings. The van der Waals surface area contributed by atoms with E-state index < -0.39 is 0 Å². The molecule has 2 heterocycles. The molecule has 0 N–H and O–H groups in total. The van der Waals surface area contributed by atoms with Crippen LogP contribution >= 0.6 is 0 Å². The zero-order valence-electron chi connectivity index (χ0n) is 17.9. The topological polar surface area (TPSA) is 61.7 Å². The minimum Gasteiger partial charge on any atom is -0.335 e. The standard InChI is InChI=1S/C22H31N5O2/c1-5-20-19(16-23-27(20)18-10-8-17(4)9-11-18)21(28)25-12-14-26(15-13-25)22(29)24(6-2)7-3/h8-11,16H,5-7,12-15H2,1-4H3. The first-order valence-corrected chi connectivity index (χ1v) is 10.5. The van der Waals surface area contributed by atoms with Crippen molar-refractivity contribution in [1.82, 2.24) is 24.5 Å². The summed E-state index contributed by atoms with van der Waals surface area (Å²) in [5, 5.41) is 4.49. The van der Waals surface area contributed by atoms with Gasteiger partial charge in [-0.25, -0.2) is 9.48 Å². The van der Waals surface area contributed by atoms with Gasteiger partial charge in [0.25, 0.3) is 5.91 Å². The lowest BCUT2D eigenvalue weighted by Crippen LogP contribution is -2.54. The Morgan fingerprint density at radius 2 is 1.55 bits per heavy atom. The van der Waals surface area contributed by atoms with Gasteiger partial charge in [-0.15, -0.1) is 0 Å². The summed E-state index contributed by atoms with van der Waals surface area (Å²) in [6.07, 6.45) is 2.39. The van der Waals surface area contributed by atoms with Crippen molar-refractivity contribution in [2.75, 3.05) is 39.3 Å².